The Labute approximate surface area is 196 Å². The van der Waals surface area contributed by atoms with E-state index in [-0.39, 0.29) is 5.91 Å². The van der Waals surface area contributed by atoms with E-state index in [1.807, 2.05) is 30.5 Å². The molecule has 5 nitrogen and oxygen atoms in total. The van der Waals surface area contributed by atoms with Crippen LogP contribution in [0.4, 0.5) is 0 Å². The number of morpholine rings is 1. The van der Waals surface area contributed by atoms with Gasteiger partial charge in [-0.15, -0.1) is 11.3 Å². The molecule has 2 aromatic heterocycles. The molecule has 1 fully saturated rings. The lowest BCUT2D eigenvalue weighted by molar-refractivity contribution is 0.0346. The molecule has 1 aromatic carbocycles. The summed E-state index contributed by atoms with van der Waals surface area (Å²) in [5.41, 5.74) is 1.55. The predicted molar refractivity (Wildman–Crippen MR) is 130 cm³/mol. The van der Waals surface area contributed by atoms with E-state index in [9.17, 15) is 4.79 Å². The Bertz CT molecular complexity index is 1120. The van der Waals surface area contributed by atoms with E-state index in [1.54, 1.807) is 11.3 Å². The molecule has 31 heavy (non-hydrogen) atoms. The lowest BCUT2D eigenvalue weighted by Crippen LogP contribution is -2.35. The normalized spacial score (nSPS) is 14.8. The molecule has 3 heterocycles. The molecule has 4 rings (SSSR count). The Morgan fingerprint density at radius 1 is 1.26 bits per heavy atom. The van der Waals surface area contributed by atoms with Crippen LogP contribution in [0.3, 0.4) is 0 Å². The van der Waals surface area contributed by atoms with E-state index in [0.29, 0.717) is 21.6 Å². The molecule has 0 unspecified atom stereocenters. The van der Waals surface area contributed by atoms with Crippen LogP contribution in [-0.2, 0) is 24.4 Å². The summed E-state index contributed by atoms with van der Waals surface area (Å²) in [5.74, 6) is -0.146. The first-order chi connectivity index (χ1) is 15.0. The van der Waals surface area contributed by atoms with Crippen LogP contribution in [0.25, 0.3) is 10.2 Å². The van der Waals surface area contributed by atoms with Gasteiger partial charge < -0.3 is 14.6 Å². The number of thiophene rings is 1. The Morgan fingerprint density at radius 3 is 2.71 bits per heavy atom. The standard InChI is InChI=1S/C23H26ClN3O2S2/c1-2-7-27-15-20(22(28)25-13-16-3-5-17(24)6-4-16)21(30)19-12-18(31-23(19)27)14-26-8-10-29-11-9-26/h3-6,12,15H,2,7-11,13-14H2,1H3,(H,25,28). The summed E-state index contributed by atoms with van der Waals surface area (Å²) >= 11 is 13.5. The van der Waals surface area contributed by atoms with Crippen molar-refractivity contribution in [2.75, 3.05) is 26.3 Å². The zero-order valence-electron chi connectivity index (χ0n) is 17.5. The number of carbonyl (C=O) groups excluding carboxylic acids is 1. The highest BCUT2D eigenvalue weighted by Gasteiger charge is 2.17. The molecule has 1 aliphatic heterocycles. The van der Waals surface area contributed by atoms with Gasteiger partial charge in [0.25, 0.3) is 5.91 Å². The lowest BCUT2D eigenvalue weighted by Gasteiger charge is -2.25. The molecule has 1 amide bonds. The maximum absolute atomic E-state index is 13.0. The Hall–Kier alpha value is -1.77. The van der Waals surface area contributed by atoms with E-state index in [2.05, 4.69) is 27.8 Å². The van der Waals surface area contributed by atoms with Gasteiger partial charge >= 0.3 is 0 Å². The van der Waals surface area contributed by atoms with Gasteiger partial charge in [0.1, 0.15) is 4.83 Å². The first-order valence-corrected chi connectivity index (χ1v) is 12.1. The number of aryl methyl sites for hydroxylation is 1. The summed E-state index contributed by atoms with van der Waals surface area (Å²) in [4.78, 5) is 17.8. The Morgan fingerprint density at radius 2 is 2.00 bits per heavy atom. The molecule has 0 aliphatic carbocycles. The summed E-state index contributed by atoms with van der Waals surface area (Å²) < 4.78 is 8.26. The molecule has 0 spiro atoms. The first-order valence-electron chi connectivity index (χ1n) is 10.5. The number of hydrogen-bond donors (Lipinski definition) is 1. The van der Waals surface area contributed by atoms with E-state index in [1.165, 1.54) is 4.88 Å². The topological polar surface area (TPSA) is 46.5 Å². The quantitative estimate of drug-likeness (QED) is 0.473. The third kappa shape index (κ3) is 5.35. The second-order valence-electron chi connectivity index (χ2n) is 7.69. The van der Waals surface area contributed by atoms with Crippen LogP contribution in [0.2, 0.25) is 5.02 Å². The van der Waals surface area contributed by atoms with Crippen molar-refractivity contribution in [3.05, 3.63) is 62.1 Å². The number of hydrogen-bond acceptors (Lipinski definition) is 5. The fourth-order valence-corrected chi connectivity index (χ4v) is 5.43. The number of ether oxygens (including phenoxy) is 1. The molecule has 0 radical (unpaired) electrons. The molecule has 8 heteroatoms. The van der Waals surface area contributed by atoms with E-state index < -0.39 is 0 Å². The molecule has 164 valence electrons. The van der Waals surface area contributed by atoms with Crippen molar-refractivity contribution < 1.29 is 9.53 Å². The summed E-state index contributed by atoms with van der Waals surface area (Å²) in [6.45, 7) is 7.77. The monoisotopic (exact) mass is 475 g/mol. The van der Waals surface area contributed by atoms with Crippen LogP contribution < -0.4 is 5.32 Å². The maximum Gasteiger partial charge on any atom is 0.254 e. The zero-order valence-corrected chi connectivity index (χ0v) is 19.9. The summed E-state index contributed by atoms with van der Waals surface area (Å²) in [7, 11) is 0. The van der Waals surface area contributed by atoms with Gasteiger partial charge in [0, 0.05) is 54.2 Å². The minimum atomic E-state index is -0.146. The van der Waals surface area contributed by atoms with Crippen molar-refractivity contribution in [3.8, 4) is 0 Å². The van der Waals surface area contributed by atoms with Gasteiger partial charge in [0.15, 0.2) is 0 Å². The fraction of sp³-hybridized carbons (Fsp3) is 0.391. The second-order valence-corrected chi connectivity index (χ2v) is 9.65. The predicted octanol–water partition coefficient (Wildman–Crippen LogP) is 5.26. The number of pyridine rings is 1. The van der Waals surface area contributed by atoms with Crippen LogP contribution in [0.5, 0.6) is 0 Å². The van der Waals surface area contributed by atoms with Crippen LogP contribution >= 0.6 is 35.2 Å². The molecular formula is C23H26ClN3O2S2. The smallest absolute Gasteiger partial charge is 0.254 e. The van der Waals surface area contributed by atoms with Crippen LogP contribution in [0.1, 0.15) is 34.1 Å². The average molecular weight is 476 g/mol. The average Bonchev–Trinajstić information content (AvgIpc) is 3.20. The van der Waals surface area contributed by atoms with Crippen molar-refractivity contribution in [2.45, 2.75) is 33.0 Å². The molecular weight excluding hydrogens is 450 g/mol. The van der Waals surface area contributed by atoms with E-state index in [4.69, 9.17) is 28.6 Å². The van der Waals surface area contributed by atoms with E-state index in [0.717, 1.165) is 61.6 Å². The molecule has 3 aromatic rings. The largest absolute Gasteiger partial charge is 0.379 e. The van der Waals surface area contributed by atoms with Gasteiger partial charge in [0.05, 0.1) is 23.3 Å². The van der Waals surface area contributed by atoms with Crippen LogP contribution in [0.15, 0.2) is 36.5 Å². The van der Waals surface area contributed by atoms with Gasteiger partial charge in [0.2, 0.25) is 0 Å². The Balaban J connectivity index is 1.60. The lowest BCUT2D eigenvalue weighted by atomic mass is 10.2. The molecule has 0 atom stereocenters. The number of carbonyl (C=O) groups is 1. The van der Waals surface area contributed by atoms with Crippen molar-refractivity contribution >= 4 is 51.3 Å². The second kappa shape index (κ2) is 10.2. The number of nitrogens with one attached hydrogen (secondary N) is 1. The highest BCUT2D eigenvalue weighted by molar-refractivity contribution is 7.71. The molecule has 0 saturated carbocycles. The highest BCUT2D eigenvalue weighted by Crippen LogP contribution is 2.30. The van der Waals surface area contributed by atoms with Gasteiger partial charge in [-0.1, -0.05) is 42.9 Å². The van der Waals surface area contributed by atoms with Gasteiger partial charge in [-0.2, -0.15) is 0 Å². The molecule has 1 aliphatic rings. The third-order valence-corrected chi connectivity index (χ3v) is 7.21. The summed E-state index contributed by atoms with van der Waals surface area (Å²) in [5, 5.41) is 4.68. The van der Waals surface area contributed by atoms with Crippen molar-refractivity contribution in [3.63, 3.8) is 0 Å². The minimum Gasteiger partial charge on any atom is -0.379 e. The van der Waals surface area contributed by atoms with E-state index >= 15 is 0 Å². The number of benzene rings is 1. The maximum atomic E-state index is 13.0. The highest BCUT2D eigenvalue weighted by atomic mass is 35.5. The van der Waals surface area contributed by atoms with Crippen LogP contribution in [0, 0.1) is 4.51 Å². The molecule has 1 saturated heterocycles. The summed E-state index contributed by atoms with van der Waals surface area (Å²) in [6.07, 6.45) is 2.90. The SMILES string of the molecule is CCCn1cc(C(=O)NCc2ccc(Cl)cc2)c(=S)c2cc(CN3CCOCC3)sc21. The molecule has 0 bridgehead atoms. The first kappa shape index (κ1) is 22.4. The van der Waals surface area contributed by atoms with Crippen LogP contribution in [-0.4, -0.2) is 41.7 Å². The van der Waals surface area contributed by atoms with Crippen molar-refractivity contribution in [1.29, 1.82) is 0 Å². The van der Waals surface area contributed by atoms with Gasteiger partial charge in [-0.05, 0) is 30.2 Å². The number of aromatic nitrogens is 1. The fourth-order valence-electron chi connectivity index (χ4n) is 3.73. The zero-order chi connectivity index (χ0) is 21.8. The number of fused-ring (bicyclic) bond motifs is 1. The number of nitrogens with zero attached hydrogens (tertiary/aromatic N) is 2. The number of halogens is 1. The van der Waals surface area contributed by atoms with Crippen molar-refractivity contribution in [2.24, 2.45) is 0 Å². The van der Waals surface area contributed by atoms with Gasteiger partial charge in [-0.25, -0.2) is 0 Å². The summed E-state index contributed by atoms with van der Waals surface area (Å²) in [6, 6.07) is 9.64. The van der Waals surface area contributed by atoms with Crippen molar-refractivity contribution in [1.82, 2.24) is 14.8 Å². The Kier molecular flexibility index (Phi) is 7.40. The van der Waals surface area contributed by atoms with Gasteiger partial charge in [-0.3, -0.25) is 9.69 Å². The number of amides is 1. The number of rotatable bonds is 7. The molecule has 1 N–H and O–H groups in total. The minimum absolute atomic E-state index is 0.146. The third-order valence-electron chi connectivity index (χ3n) is 5.36.